The predicted molar refractivity (Wildman–Crippen MR) is 95.6 cm³/mol. The first-order valence-corrected chi connectivity index (χ1v) is 8.68. The Hall–Kier alpha value is -2.23. The molecule has 2 atom stereocenters. The van der Waals surface area contributed by atoms with Gasteiger partial charge in [-0.25, -0.2) is 0 Å². The van der Waals surface area contributed by atoms with Crippen molar-refractivity contribution in [3.63, 3.8) is 0 Å². The minimum Gasteiger partial charge on any atom is -0.493 e. The molecular weight excluding hydrogens is 300 g/mol. The van der Waals surface area contributed by atoms with Gasteiger partial charge < -0.3 is 14.0 Å². The molecule has 1 aromatic heterocycles. The number of aliphatic imine (C=N–C) groups is 1. The molecule has 4 rings (SSSR count). The van der Waals surface area contributed by atoms with E-state index in [1.807, 2.05) is 0 Å². The third-order valence-electron chi connectivity index (χ3n) is 5.42. The summed E-state index contributed by atoms with van der Waals surface area (Å²) in [5, 5.41) is 0. The van der Waals surface area contributed by atoms with Crippen molar-refractivity contribution in [2.75, 3.05) is 14.2 Å². The van der Waals surface area contributed by atoms with Gasteiger partial charge in [0.1, 0.15) is 0 Å². The van der Waals surface area contributed by atoms with E-state index in [1.54, 1.807) is 14.2 Å². The van der Waals surface area contributed by atoms with E-state index < -0.39 is 0 Å². The maximum Gasteiger partial charge on any atom is 0.161 e. The Balaban J connectivity index is 1.93. The minimum absolute atomic E-state index is 0.384. The quantitative estimate of drug-likeness (QED) is 0.858. The summed E-state index contributed by atoms with van der Waals surface area (Å²) in [4.78, 5) is 5.18. The third-order valence-corrected chi connectivity index (χ3v) is 5.42. The lowest BCUT2D eigenvalue weighted by atomic mass is 9.75. The minimum atomic E-state index is 0.384. The fourth-order valence-electron chi connectivity index (χ4n) is 4.18. The smallest absolute Gasteiger partial charge is 0.161 e. The first-order valence-electron chi connectivity index (χ1n) is 8.68. The van der Waals surface area contributed by atoms with Crippen LogP contribution in [0, 0.1) is 0 Å². The van der Waals surface area contributed by atoms with Gasteiger partial charge in [0.2, 0.25) is 0 Å². The summed E-state index contributed by atoms with van der Waals surface area (Å²) >= 11 is 0. The number of nitrogens with zero attached hydrogens (tertiary/aromatic N) is 2. The van der Waals surface area contributed by atoms with Gasteiger partial charge in [0.25, 0.3) is 0 Å². The average molecular weight is 324 g/mol. The molecule has 24 heavy (non-hydrogen) atoms. The molecule has 1 aromatic carbocycles. The van der Waals surface area contributed by atoms with E-state index in [0.717, 1.165) is 22.9 Å². The highest BCUT2D eigenvalue weighted by Crippen LogP contribution is 2.44. The number of fused-ring (bicyclic) bond motifs is 3. The highest BCUT2D eigenvalue weighted by molar-refractivity contribution is 6.14. The number of aromatic nitrogens is 1. The van der Waals surface area contributed by atoms with Gasteiger partial charge in [-0.15, -0.1) is 0 Å². The molecule has 4 heteroatoms. The van der Waals surface area contributed by atoms with Gasteiger partial charge in [0.15, 0.2) is 11.5 Å². The van der Waals surface area contributed by atoms with E-state index in [9.17, 15) is 0 Å². The topological polar surface area (TPSA) is 35.8 Å². The maximum absolute atomic E-state index is 5.56. The average Bonchev–Trinajstić information content (AvgIpc) is 3.05. The van der Waals surface area contributed by atoms with Crippen LogP contribution in [-0.4, -0.2) is 30.5 Å². The van der Waals surface area contributed by atoms with Gasteiger partial charge in [0.05, 0.1) is 31.7 Å². The Bertz CT molecular complexity index is 791. The van der Waals surface area contributed by atoms with Crippen LogP contribution in [-0.2, 0) is 7.05 Å². The monoisotopic (exact) mass is 324 g/mol. The molecule has 0 unspecified atom stereocenters. The molecule has 0 bridgehead atoms. The lowest BCUT2D eigenvalue weighted by Crippen LogP contribution is -2.30. The fourth-order valence-corrected chi connectivity index (χ4v) is 4.18. The van der Waals surface area contributed by atoms with Crippen molar-refractivity contribution in [1.29, 1.82) is 0 Å². The highest BCUT2D eigenvalue weighted by atomic mass is 16.5. The Morgan fingerprint density at radius 1 is 1.08 bits per heavy atom. The summed E-state index contributed by atoms with van der Waals surface area (Å²) < 4.78 is 13.3. The second-order valence-electron chi connectivity index (χ2n) is 6.73. The summed E-state index contributed by atoms with van der Waals surface area (Å²) in [6.45, 7) is 0. The zero-order valence-electron chi connectivity index (χ0n) is 14.6. The Kier molecular flexibility index (Phi) is 3.83. The number of aryl methyl sites for hydroxylation is 1. The SMILES string of the molecule is COc1cc2c(cc1OC)[C@@H]1CCCC[C@@H]1N=C2c1cccn1C. The van der Waals surface area contributed by atoms with Crippen molar-refractivity contribution in [3.05, 3.63) is 47.3 Å². The molecule has 2 heterocycles. The fraction of sp³-hybridized carbons (Fsp3) is 0.450. The standard InChI is InChI=1S/C20H24N2O2/c1-22-10-6-9-17(22)20-15-12-19(24-3)18(23-2)11-14(15)13-7-4-5-8-16(13)21-20/h6,9-13,16H,4-5,7-8H2,1-3H3/t13-,16-/m0/s1. The van der Waals surface area contributed by atoms with Crippen molar-refractivity contribution in [2.45, 2.75) is 37.6 Å². The van der Waals surface area contributed by atoms with Crippen molar-refractivity contribution in [2.24, 2.45) is 12.0 Å². The number of benzene rings is 1. The number of hydrogen-bond donors (Lipinski definition) is 0. The van der Waals surface area contributed by atoms with Gasteiger partial charge in [-0.2, -0.15) is 0 Å². The van der Waals surface area contributed by atoms with Crippen molar-refractivity contribution < 1.29 is 9.47 Å². The highest BCUT2D eigenvalue weighted by Gasteiger charge is 2.35. The van der Waals surface area contributed by atoms with Gasteiger partial charge in [0, 0.05) is 24.7 Å². The van der Waals surface area contributed by atoms with Gasteiger partial charge in [-0.05, 0) is 42.7 Å². The molecule has 1 aliphatic carbocycles. The number of hydrogen-bond acceptors (Lipinski definition) is 3. The molecule has 4 nitrogen and oxygen atoms in total. The summed E-state index contributed by atoms with van der Waals surface area (Å²) in [6.07, 6.45) is 7.01. The molecule has 1 fully saturated rings. The van der Waals surface area contributed by atoms with Crippen LogP contribution in [0.3, 0.4) is 0 Å². The van der Waals surface area contributed by atoms with E-state index in [1.165, 1.54) is 36.8 Å². The van der Waals surface area contributed by atoms with Crippen LogP contribution in [0.15, 0.2) is 35.5 Å². The van der Waals surface area contributed by atoms with E-state index in [2.05, 4.69) is 42.1 Å². The largest absolute Gasteiger partial charge is 0.493 e. The zero-order chi connectivity index (χ0) is 16.7. The molecule has 1 saturated carbocycles. The van der Waals surface area contributed by atoms with E-state index in [4.69, 9.17) is 14.5 Å². The Morgan fingerprint density at radius 2 is 1.83 bits per heavy atom. The van der Waals surface area contributed by atoms with Crippen LogP contribution in [0.1, 0.15) is 48.4 Å². The Morgan fingerprint density at radius 3 is 2.54 bits per heavy atom. The van der Waals surface area contributed by atoms with Gasteiger partial charge in [-0.1, -0.05) is 12.8 Å². The molecule has 1 aliphatic heterocycles. The van der Waals surface area contributed by atoms with E-state index in [0.29, 0.717) is 12.0 Å². The van der Waals surface area contributed by atoms with E-state index in [-0.39, 0.29) is 0 Å². The van der Waals surface area contributed by atoms with Gasteiger partial charge >= 0.3 is 0 Å². The van der Waals surface area contributed by atoms with Crippen LogP contribution < -0.4 is 9.47 Å². The van der Waals surface area contributed by atoms with Crippen LogP contribution >= 0.6 is 0 Å². The summed E-state index contributed by atoms with van der Waals surface area (Å²) in [5.74, 6) is 2.08. The maximum atomic E-state index is 5.56. The zero-order valence-corrected chi connectivity index (χ0v) is 14.6. The summed E-state index contributed by atoms with van der Waals surface area (Å²) in [7, 11) is 5.47. The number of methoxy groups -OCH3 is 2. The summed E-state index contributed by atoms with van der Waals surface area (Å²) in [6, 6.07) is 8.88. The van der Waals surface area contributed by atoms with Crippen LogP contribution in [0.5, 0.6) is 11.5 Å². The first-order chi connectivity index (χ1) is 11.7. The molecule has 2 aliphatic rings. The van der Waals surface area contributed by atoms with Crippen LogP contribution in [0.2, 0.25) is 0 Å². The van der Waals surface area contributed by atoms with Crippen molar-refractivity contribution in [1.82, 2.24) is 4.57 Å². The Labute approximate surface area is 143 Å². The van der Waals surface area contributed by atoms with E-state index >= 15 is 0 Å². The van der Waals surface area contributed by atoms with Crippen LogP contribution in [0.25, 0.3) is 0 Å². The molecule has 2 aromatic rings. The van der Waals surface area contributed by atoms with Gasteiger partial charge in [-0.3, -0.25) is 4.99 Å². The second kappa shape index (κ2) is 6.00. The van der Waals surface area contributed by atoms with Crippen LogP contribution in [0.4, 0.5) is 0 Å². The third kappa shape index (κ3) is 2.32. The molecule has 126 valence electrons. The lowest BCUT2D eigenvalue weighted by Gasteiger charge is -2.35. The first kappa shape index (κ1) is 15.3. The molecule has 0 spiro atoms. The van der Waals surface area contributed by atoms with Crippen molar-refractivity contribution >= 4 is 5.71 Å². The van der Waals surface area contributed by atoms with Crippen molar-refractivity contribution in [3.8, 4) is 11.5 Å². The number of ether oxygens (including phenoxy) is 2. The molecule has 0 saturated heterocycles. The summed E-state index contributed by atoms with van der Waals surface area (Å²) in [5.41, 5.74) is 4.80. The molecule has 0 radical (unpaired) electrons. The lowest BCUT2D eigenvalue weighted by molar-refractivity contribution is 0.349. The second-order valence-corrected chi connectivity index (χ2v) is 6.73. The number of rotatable bonds is 3. The molecular formula is C20H24N2O2. The predicted octanol–water partition coefficient (Wildman–Crippen LogP) is 3.92. The normalized spacial score (nSPS) is 22.4. The molecule has 0 amide bonds. The molecule has 0 N–H and O–H groups in total.